The largest absolute Gasteiger partial charge is 0.385 e. The van der Waals surface area contributed by atoms with Crippen LogP contribution in [0, 0.1) is 11.7 Å². The molecule has 0 spiro atoms. The van der Waals surface area contributed by atoms with E-state index in [2.05, 4.69) is 16.9 Å². The van der Waals surface area contributed by atoms with E-state index in [0.717, 1.165) is 28.0 Å². The first-order chi connectivity index (χ1) is 11.1. The maximum absolute atomic E-state index is 10.7. The number of thioether (sulfide) groups is 1. The fourth-order valence-corrected chi connectivity index (χ4v) is 3.80. The molecule has 0 saturated carbocycles. The van der Waals surface area contributed by atoms with E-state index in [0.29, 0.717) is 11.3 Å². The molecule has 0 aliphatic heterocycles. The van der Waals surface area contributed by atoms with Crippen molar-refractivity contribution in [3.63, 3.8) is 0 Å². The van der Waals surface area contributed by atoms with Gasteiger partial charge in [-0.2, -0.15) is 0 Å². The lowest BCUT2D eigenvalue weighted by molar-refractivity contribution is 0.151. The van der Waals surface area contributed by atoms with Gasteiger partial charge in [0, 0.05) is 11.1 Å². The number of H-pyrrole nitrogens is 1. The molecular formula is C17H19N3OS2. The molecule has 1 unspecified atom stereocenters. The van der Waals surface area contributed by atoms with Crippen molar-refractivity contribution in [1.82, 2.24) is 14.5 Å². The van der Waals surface area contributed by atoms with Crippen molar-refractivity contribution in [2.24, 2.45) is 0 Å². The highest BCUT2D eigenvalue weighted by Crippen LogP contribution is 2.27. The lowest BCUT2D eigenvalue weighted by atomic mass is 10.1. The quantitative estimate of drug-likeness (QED) is 0.536. The lowest BCUT2D eigenvalue weighted by Gasteiger charge is -2.16. The molecule has 0 saturated heterocycles. The highest BCUT2D eigenvalue weighted by atomic mass is 32.2. The molecule has 2 aromatic heterocycles. The van der Waals surface area contributed by atoms with Gasteiger partial charge >= 0.3 is 0 Å². The van der Waals surface area contributed by atoms with E-state index < -0.39 is 6.10 Å². The number of hydrogen-bond acceptors (Lipinski definition) is 4. The van der Waals surface area contributed by atoms with Crippen molar-refractivity contribution < 1.29 is 5.11 Å². The van der Waals surface area contributed by atoms with Crippen molar-refractivity contribution in [1.29, 1.82) is 0 Å². The predicted molar refractivity (Wildman–Crippen MR) is 97.5 cm³/mol. The summed E-state index contributed by atoms with van der Waals surface area (Å²) in [6.45, 7) is 4.51. The summed E-state index contributed by atoms with van der Waals surface area (Å²) in [7, 11) is 0. The summed E-state index contributed by atoms with van der Waals surface area (Å²) >= 11 is 7.16. The van der Waals surface area contributed by atoms with Crippen LogP contribution >= 0.6 is 24.0 Å². The molecule has 0 bridgehead atoms. The number of aliphatic hydroxyl groups excluding tert-OH is 1. The van der Waals surface area contributed by atoms with Crippen LogP contribution in [0.2, 0.25) is 0 Å². The molecule has 0 radical (unpaired) electrons. The monoisotopic (exact) mass is 345 g/mol. The molecule has 120 valence electrons. The number of imidazole rings is 1. The molecule has 6 heteroatoms. The van der Waals surface area contributed by atoms with Crippen molar-refractivity contribution in [2.45, 2.75) is 31.4 Å². The molecule has 2 heterocycles. The van der Waals surface area contributed by atoms with E-state index in [9.17, 15) is 5.11 Å². The summed E-state index contributed by atoms with van der Waals surface area (Å²) in [5.41, 5.74) is 3.73. The van der Waals surface area contributed by atoms with Crippen LogP contribution in [-0.4, -0.2) is 25.4 Å². The SMILES string of the molecule is CCSc1ccnc(C(O)Cn2c(=S)[nH]c3ccccc32)c1C. The fraction of sp³-hybridized carbons (Fsp3) is 0.294. The standard InChI is InChI=1S/C17H19N3OS2/c1-3-23-15-8-9-18-16(11(15)2)14(21)10-20-13-7-5-4-6-12(13)19-17(20)22/h4-9,14,21H,3,10H2,1-2H3,(H,19,22). The minimum atomic E-state index is -0.696. The maximum Gasteiger partial charge on any atom is 0.178 e. The first-order valence-electron chi connectivity index (χ1n) is 7.55. The number of benzene rings is 1. The highest BCUT2D eigenvalue weighted by Gasteiger charge is 2.17. The number of rotatable bonds is 5. The second kappa shape index (κ2) is 6.86. The average Bonchev–Trinajstić information content (AvgIpc) is 2.85. The molecule has 1 aromatic carbocycles. The Labute approximate surface area is 144 Å². The molecule has 3 aromatic rings. The maximum atomic E-state index is 10.7. The van der Waals surface area contributed by atoms with E-state index in [1.807, 2.05) is 41.8 Å². The number of hydrogen-bond donors (Lipinski definition) is 2. The summed E-state index contributed by atoms with van der Waals surface area (Å²) in [6, 6.07) is 9.91. The molecule has 23 heavy (non-hydrogen) atoms. The van der Waals surface area contributed by atoms with Crippen molar-refractivity contribution in [3.8, 4) is 0 Å². The van der Waals surface area contributed by atoms with Crippen molar-refractivity contribution in [3.05, 3.63) is 52.6 Å². The Morgan fingerprint density at radius 2 is 2.13 bits per heavy atom. The number of para-hydroxylation sites is 2. The van der Waals surface area contributed by atoms with Crippen LogP contribution in [0.3, 0.4) is 0 Å². The molecule has 1 atom stereocenters. The Morgan fingerprint density at radius 3 is 2.91 bits per heavy atom. The smallest absolute Gasteiger partial charge is 0.178 e. The normalized spacial score (nSPS) is 12.7. The predicted octanol–water partition coefficient (Wildman–Crippen LogP) is 4.25. The summed E-state index contributed by atoms with van der Waals surface area (Å²) in [4.78, 5) is 8.73. The van der Waals surface area contributed by atoms with Crippen molar-refractivity contribution >= 4 is 35.0 Å². The number of nitrogens with zero attached hydrogens (tertiary/aromatic N) is 2. The summed E-state index contributed by atoms with van der Waals surface area (Å²) in [5, 5.41) is 10.7. The van der Waals surface area contributed by atoms with Gasteiger partial charge in [0.1, 0.15) is 6.10 Å². The van der Waals surface area contributed by atoms with Gasteiger partial charge in [-0.05, 0) is 48.7 Å². The van der Waals surface area contributed by atoms with Gasteiger partial charge in [0.2, 0.25) is 0 Å². The number of aliphatic hydroxyl groups is 1. The van der Waals surface area contributed by atoms with E-state index >= 15 is 0 Å². The van der Waals surface area contributed by atoms with Crippen LogP contribution < -0.4 is 0 Å². The third kappa shape index (κ3) is 3.20. The first-order valence-corrected chi connectivity index (χ1v) is 8.95. The Bertz CT molecular complexity index is 885. The number of pyridine rings is 1. The summed E-state index contributed by atoms with van der Waals surface area (Å²) < 4.78 is 2.54. The van der Waals surface area contributed by atoms with Crippen LogP contribution in [-0.2, 0) is 6.54 Å². The highest BCUT2D eigenvalue weighted by molar-refractivity contribution is 7.99. The zero-order valence-corrected chi connectivity index (χ0v) is 14.7. The minimum Gasteiger partial charge on any atom is -0.385 e. The van der Waals surface area contributed by atoms with Gasteiger partial charge in [0.25, 0.3) is 0 Å². The first kappa shape index (κ1) is 16.2. The molecular weight excluding hydrogens is 326 g/mol. The van der Waals surface area contributed by atoms with Crippen LogP contribution in [0.5, 0.6) is 0 Å². The van der Waals surface area contributed by atoms with Gasteiger partial charge < -0.3 is 14.7 Å². The van der Waals surface area contributed by atoms with Gasteiger partial charge in [0.05, 0.1) is 23.3 Å². The van der Waals surface area contributed by atoms with Gasteiger partial charge in [0.15, 0.2) is 4.77 Å². The van der Waals surface area contributed by atoms with Crippen LogP contribution in [0.25, 0.3) is 11.0 Å². The molecule has 0 amide bonds. The molecule has 0 aliphatic carbocycles. The minimum absolute atomic E-state index is 0.386. The van der Waals surface area contributed by atoms with E-state index in [-0.39, 0.29) is 0 Å². The summed E-state index contributed by atoms with van der Waals surface area (Å²) in [5.74, 6) is 0.994. The van der Waals surface area contributed by atoms with Crippen molar-refractivity contribution in [2.75, 3.05) is 5.75 Å². The number of nitrogens with one attached hydrogen (secondary N) is 1. The van der Waals surface area contributed by atoms with Crippen LogP contribution in [0.4, 0.5) is 0 Å². The third-order valence-corrected chi connectivity index (χ3v) is 5.21. The van der Waals surface area contributed by atoms with Gasteiger partial charge in [-0.25, -0.2) is 0 Å². The van der Waals surface area contributed by atoms with Crippen LogP contribution in [0.1, 0.15) is 24.3 Å². The fourth-order valence-electron chi connectivity index (χ4n) is 2.73. The molecule has 3 rings (SSSR count). The van der Waals surface area contributed by atoms with E-state index in [1.165, 1.54) is 4.90 Å². The topological polar surface area (TPSA) is 53.8 Å². The zero-order valence-electron chi connectivity index (χ0n) is 13.1. The van der Waals surface area contributed by atoms with Gasteiger partial charge in [-0.1, -0.05) is 19.1 Å². The van der Waals surface area contributed by atoms with E-state index in [4.69, 9.17) is 12.2 Å². The second-order valence-electron chi connectivity index (χ2n) is 5.33. The Morgan fingerprint density at radius 1 is 1.35 bits per heavy atom. The Hall–Kier alpha value is -1.63. The summed E-state index contributed by atoms with van der Waals surface area (Å²) in [6.07, 6.45) is 1.07. The Balaban J connectivity index is 1.95. The average molecular weight is 345 g/mol. The number of aromatic nitrogens is 3. The molecule has 0 aliphatic rings. The Kier molecular flexibility index (Phi) is 4.84. The van der Waals surface area contributed by atoms with Gasteiger partial charge in [-0.15, -0.1) is 11.8 Å². The van der Waals surface area contributed by atoms with Crippen LogP contribution in [0.15, 0.2) is 41.4 Å². The van der Waals surface area contributed by atoms with Gasteiger partial charge in [-0.3, -0.25) is 4.98 Å². The number of aromatic amines is 1. The molecule has 4 nitrogen and oxygen atoms in total. The zero-order chi connectivity index (χ0) is 16.4. The van der Waals surface area contributed by atoms with E-state index in [1.54, 1.807) is 18.0 Å². The molecule has 0 fully saturated rings. The molecule has 2 N–H and O–H groups in total. The number of fused-ring (bicyclic) bond motifs is 1. The third-order valence-electron chi connectivity index (χ3n) is 3.85. The lowest BCUT2D eigenvalue weighted by Crippen LogP contribution is -2.12. The second-order valence-corrected chi connectivity index (χ2v) is 7.02.